The molecule has 4 aromatic rings. The van der Waals surface area contributed by atoms with Crippen molar-refractivity contribution >= 4 is 28.3 Å². The van der Waals surface area contributed by atoms with Gasteiger partial charge in [-0.25, -0.2) is 9.48 Å². The number of esters is 1. The number of carbonyl (C=O) groups is 2. The molecule has 4 rings (SSSR count). The smallest absolute Gasteiger partial charge is 0.360 e. The van der Waals surface area contributed by atoms with E-state index in [4.69, 9.17) is 4.74 Å². The minimum Gasteiger partial charge on any atom is -0.442 e. The lowest BCUT2D eigenvalue weighted by Crippen LogP contribution is -2.30. The van der Waals surface area contributed by atoms with E-state index in [1.807, 2.05) is 52.0 Å². The highest BCUT2D eigenvalue weighted by Gasteiger charge is 2.28. The van der Waals surface area contributed by atoms with Crippen molar-refractivity contribution in [3.05, 3.63) is 106 Å². The zero-order valence-electron chi connectivity index (χ0n) is 20.8. The van der Waals surface area contributed by atoms with Crippen LogP contribution in [0.1, 0.15) is 47.1 Å². The molecule has 1 heterocycles. The fraction of sp³-hybridized carbons (Fsp3) is 0.241. The first-order valence-electron chi connectivity index (χ1n) is 11.9. The summed E-state index contributed by atoms with van der Waals surface area (Å²) in [4.78, 5) is 39.8. The lowest BCUT2D eigenvalue weighted by Gasteiger charge is -2.20. The highest BCUT2D eigenvalue weighted by atomic mass is 16.5. The summed E-state index contributed by atoms with van der Waals surface area (Å²) >= 11 is 0. The lowest BCUT2D eigenvalue weighted by atomic mass is 10.1. The average molecular weight is 484 g/mol. The second-order valence-corrected chi connectivity index (χ2v) is 9.28. The van der Waals surface area contributed by atoms with Crippen LogP contribution in [0.5, 0.6) is 0 Å². The molecule has 0 aliphatic carbocycles. The van der Waals surface area contributed by atoms with Crippen molar-refractivity contribution in [1.29, 1.82) is 0 Å². The van der Waals surface area contributed by atoms with Crippen molar-refractivity contribution in [2.45, 2.75) is 40.3 Å². The highest BCUT2D eigenvalue weighted by molar-refractivity contribution is 6.04. The van der Waals surface area contributed by atoms with E-state index in [9.17, 15) is 14.4 Å². The van der Waals surface area contributed by atoms with Crippen molar-refractivity contribution in [2.24, 2.45) is 5.92 Å². The Kier molecular flexibility index (Phi) is 7.29. The number of amides is 1. The van der Waals surface area contributed by atoms with Crippen LogP contribution < -0.4 is 10.9 Å². The van der Waals surface area contributed by atoms with Crippen molar-refractivity contribution in [2.75, 3.05) is 5.32 Å². The summed E-state index contributed by atoms with van der Waals surface area (Å²) in [7, 11) is 0. The first kappa shape index (κ1) is 24.9. The Balaban J connectivity index is 1.73. The number of hydrogen-bond donors (Lipinski definition) is 1. The third-order valence-electron chi connectivity index (χ3n) is 5.82. The molecule has 1 atom stereocenters. The first-order valence-corrected chi connectivity index (χ1v) is 11.9. The number of aryl methyl sites for hydroxylation is 2. The van der Waals surface area contributed by atoms with E-state index in [0.717, 1.165) is 11.1 Å². The molecule has 0 saturated heterocycles. The number of hydrogen-bond acceptors (Lipinski definition) is 5. The van der Waals surface area contributed by atoms with Crippen LogP contribution in [0.4, 0.5) is 5.69 Å². The molecule has 36 heavy (non-hydrogen) atoms. The predicted molar refractivity (Wildman–Crippen MR) is 140 cm³/mol. The fourth-order valence-electron chi connectivity index (χ4n) is 3.99. The molecule has 0 saturated carbocycles. The summed E-state index contributed by atoms with van der Waals surface area (Å²) in [6.45, 7) is 8.10. The molecule has 0 radical (unpaired) electrons. The predicted octanol–water partition coefficient (Wildman–Crippen LogP) is 5.21. The number of fused-ring (bicyclic) bond motifs is 1. The van der Waals surface area contributed by atoms with Crippen LogP contribution in [-0.4, -0.2) is 21.7 Å². The number of nitrogens with zero attached hydrogens (tertiary/aromatic N) is 2. The van der Waals surface area contributed by atoms with Gasteiger partial charge >= 0.3 is 5.97 Å². The Morgan fingerprint density at radius 2 is 1.61 bits per heavy atom. The molecule has 7 heteroatoms. The van der Waals surface area contributed by atoms with E-state index >= 15 is 0 Å². The van der Waals surface area contributed by atoms with E-state index in [1.165, 1.54) is 4.68 Å². The molecule has 0 aliphatic rings. The van der Waals surface area contributed by atoms with Gasteiger partial charge in [0.15, 0.2) is 5.69 Å². The van der Waals surface area contributed by atoms with Crippen LogP contribution >= 0.6 is 0 Å². The van der Waals surface area contributed by atoms with Gasteiger partial charge in [-0.2, -0.15) is 5.10 Å². The normalized spacial score (nSPS) is 11.9. The topological polar surface area (TPSA) is 90.3 Å². The molecular weight excluding hydrogens is 454 g/mol. The van der Waals surface area contributed by atoms with Crippen LogP contribution in [-0.2, 0) is 16.1 Å². The maximum atomic E-state index is 13.5. The van der Waals surface area contributed by atoms with Crippen molar-refractivity contribution in [1.82, 2.24) is 9.78 Å². The molecule has 3 aromatic carbocycles. The first-order chi connectivity index (χ1) is 17.2. The lowest BCUT2D eigenvalue weighted by molar-refractivity contribution is -0.125. The van der Waals surface area contributed by atoms with E-state index in [2.05, 4.69) is 10.4 Å². The molecule has 1 N–H and O–H groups in total. The molecule has 0 bridgehead atoms. The molecule has 1 amide bonds. The third kappa shape index (κ3) is 5.35. The Labute approximate surface area is 209 Å². The summed E-state index contributed by atoms with van der Waals surface area (Å²) in [6.07, 6.45) is -1.22. The second kappa shape index (κ2) is 10.6. The third-order valence-corrected chi connectivity index (χ3v) is 5.82. The van der Waals surface area contributed by atoms with Crippen LogP contribution in [0.25, 0.3) is 10.8 Å². The van der Waals surface area contributed by atoms with Gasteiger partial charge in [0.2, 0.25) is 6.10 Å². The van der Waals surface area contributed by atoms with Gasteiger partial charge in [-0.1, -0.05) is 74.5 Å². The number of rotatable bonds is 7. The van der Waals surface area contributed by atoms with Gasteiger partial charge in [0, 0.05) is 23.2 Å². The number of carbonyl (C=O) groups excluding carboxylic acids is 2. The van der Waals surface area contributed by atoms with Gasteiger partial charge in [0.05, 0.1) is 5.39 Å². The summed E-state index contributed by atoms with van der Waals surface area (Å²) in [6, 6.07) is 21.4. The van der Waals surface area contributed by atoms with E-state index in [1.54, 1.807) is 48.5 Å². The number of ether oxygens (including phenoxy) is 1. The van der Waals surface area contributed by atoms with Crippen LogP contribution in [0, 0.1) is 19.8 Å². The maximum Gasteiger partial charge on any atom is 0.360 e. The molecule has 0 aliphatic heterocycles. The average Bonchev–Trinajstić information content (AvgIpc) is 2.86. The maximum absolute atomic E-state index is 13.5. The Morgan fingerprint density at radius 3 is 2.31 bits per heavy atom. The summed E-state index contributed by atoms with van der Waals surface area (Å²) < 4.78 is 7.09. The van der Waals surface area contributed by atoms with Crippen LogP contribution in [0.2, 0.25) is 0 Å². The van der Waals surface area contributed by atoms with Gasteiger partial charge in [-0.05, 0) is 43.0 Å². The van der Waals surface area contributed by atoms with Crippen LogP contribution in [0.15, 0.2) is 77.6 Å². The number of anilines is 1. The van der Waals surface area contributed by atoms with Gasteiger partial charge in [-0.3, -0.25) is 9.59 Å². The highest BCUT2D eigenvalue weighted by Crippen LogP contribution is 2.25. The molecule has 0 spiro atoms. The molecule has 1 unspecified atom stereocenters. The molecular formula is C29H29N3O4. The van der Waals surface area contributed by atoms with E-state index in [-0.39, 0.29) is 17.2 Å². The van der Waals surface area contributed by atoms with Gasteiger partial charge < -0.3 is 10.1 Å². The minimum absolute atomic E-state index is 0.00804. The zero-order valence-corrected chi connectivity index (χ0v) is 20.8. The summed E-state index contributed by atoms with van der Waals surface area (Å²) in [5.41, 5.74) is 2.77. The quantitative estimate of drug-likeness (QED) is 0.365. The minimum atomic E-state index is -1.22. The van der Waals surface area contributed by atoms with Crippen molar-refractivity contribution in [3.8, 4) is 0 Å². The van der Waals surface area contributed by atoms with Crippen molar-refractivity contribution in [3.63, 3.8) is 0 Å². The molecule has 1 aromatic heterocycles. The second-order valence-electron chi connectivity index (χ2n) is 9.28. The molecule has 7 nitrogen and oxygen atoms in total. The number of aromatic nitrogens is 2. The van der Waals surface area contributed by atoms with Gasteiger partial charge in [0.25, 0.3) is 11.5 Å². The Bertz CT molecular complexity index is 1480. The zero-order chi connectivity index (χ0) is 25.8. The SMILES string of the molecule is Cc1ccc(C)c(NC(=O)C(OC(=O)c2nn(CC(C)C)c(=O)c3ccccc23)c2ccccc2)c1. The summed E-state index contributed by atoms with van der Waals surface area (Å²) in [5, 5.41) is 8.01. The van der Waals surface area contributed by atoms with E-state index < -0.39 is 18.0 Å². The monoisotopic (exact) mass is 483 g/mol. The number of benzene rings is 3. The Hall–Kier alpha value is -4.26. The largest absolute Gasteiger partial charge is 0.442 e. The van der Waals surface area contributed by atoms with Gasteiger partial charge in [-0.15, -0.1) is 0 Å². The van der Waals surface area contributed by atoms with Crippen LogP contribution in [0.3, 0.4) is 0 Å². The molecule has 184 valence electrons. The fourth-order valence-corrected chi connectivity index (χ4v) is 3.99. The standard InChI is InChI=1S/C29H29N3O4/c1-18(2)17-32-28(34)23-13-9-8-12-22(23)25(31-32)29(35)36-26(21-10-6-5-7-11-21)27(33)30-24-16-19(3)14-15-20(24)4/h5-16,18,26H,17H2,1-4H3,(H,30,33). The van der Waals surface area contributed by atoms with E-state index in [0.29, 0.717) is 28.6 Å². The summed E-state index contributed by atoms with van der Waals surface area (Å²) in [5.74, 6) is -1.13. The van der Waals surface area contributed by atoms with Gasteiger partial charge in [0.1, 0.15) is 0 Å². The number of nitrogens with one attached hydrogen (secondary N) is 1. The Morgan fingerprint density at radius 1 is 0.944 bits per heavy atom. The molecule has 0 fully saturated rings. The van der Waals surface area contributed by atoms with Crippen molar-refractivity contribution < 1.29 is 14.3 Å².